The number of piperazine rings is 1. The van der Waals surface area contributed by atoms with Crippen molar-refractivity contribution in [1.82, 2.24) is 10.2 Å². The van der Waals surface area contributed by atoms with Gasteiger partial charge in [-0.1, -0.05) is 26.2 Å². The van der Waals surface area contributed by atoms with Crippen LogP contribution in [0.1, 0.15) is 45.4 Å². The molecule has 1 heterocycles. The maximum atomic E-state index is 10.3. The average molecular weight is 362 g/mol. The topological polar surface area (TPSA) is 147 Å². The lowest BCUT2D eigenvalue weighted by atomic mass is 9.96. The Labute approximate surface area is 147 Å². The quantitative estimate of drug-likeness (QED) is 0.363. The number of likely N-dealkylation sites (N-methyl/N-ethyl adjacent to an activating group) is 1. The van der Waals surface area contributed by atoms with Crippen LogP contribution in [-0.2, 0) is 14.4 Å². The number of carboxylic acid groups (broad SMARTS) is 3. The number of carboxylic acids is 3. The highest BCUT2D eigenvalue weighted by Crippen LogP contribution is 2.15. The van der Waals surface area contributed by atoms with Gasteiger partial charge in [-0.3, -0.25) is 9.59 Å². The second kappa shape index (κ2) is 11.8. The minimum absolute atomic E-state index is 0.797. The normalized spacial score (nSPS) is 18.1. The number of carbonyl (C=O) groups is 3. The highest BCUT2D eigenvalue weighted by Gasteiger charge is 2.40. The molecule has 1 unspecified atom stereocenters. The van der Waals surface area contributed by atoms with E-state index in [9.17, 15) is 14.4 Å². The van der Waals surface area contributed by atoms with Gasteiger partial charge in [-0.05, 0) is 13.5 Å². The van der Waals surface area contributed by atoms with Gasteiger partial charge in [0.15, 0.2) is 5.60 Å². The molecule has 9 heteroatoms. The molecule has 9 nitrogen and oxygen atoms in total. The summed E-state index contributed by atoms with van der Waals surface area (Å²) in [6.07, 6.45) is 3.21. The summed E-state index contributed by atoms with van der Waals surface area (Å²) in [4.78, 5) is 33.0. The lowest BCUT2D eigenvalue weighted by Crippen LogP contribution is -2.49. The molecular formula is C16H30N2O7. The number of unbranched alkanes of at least 4 members (excludes halogenated alkanes) is 2. The summed E-state index contributed by atoms with van der Waals surface area (Å²) in [5, 5.41) is 37.3. The van der Waals surface area contributed by atoms with Crippen molar-refractivity contribution in [2.24, 2.45) is 0 Å². The summed E-state index contributed by atoms with van der Waals surface area (Å²) in [7, 11) is 2.25. The van der Waals surface area contributed by atoms with Gasteiger partial charge in [0.1, 0.15) is 0 Å². The first-order valence-corrected chi connectivity index (χ1v) is 8.42. The molecule has 1 saturated heterocycles. The molecular weight excluding hydrogens is 332 g/mol. The summed E-state index contributed by atoms with van der Waals surface area (Å²) in [6.45, 7) is 5.85. The molecule has 0 aliphatic carbocycles. The molecule has 1 aliphatic rings. The molecule has 1 atom stereocenters. The SMILES string of the molecule is CCCCCC1CNCCN1C.O=C(O)CC(O)(CC(=O)O)C(=O)O. The number of aliphatic carboxylic acids is 3. The Bertz CT molecular complexity index is 426. The van der Waals surface area contributed by atoms with Crippen LogP contribution >= 0.6 is 0 Å². The number of nitrogens with one attached hydrogen (secondary N) is 1. The van der Waals surface area contributed by atoms with Crippen molar-refractivity contribution in [1.29, 1.82) is 0 Å². The third-order valence-electron chi connectivity index (χ3n) is 4.07. The second-order valence-electron chi connectivity index (χ2n) is 6.31. The van der Waals surface area contributed by atoms with E-state index in [4.69, 9.17) is 20.4 Å². The molecule has 1 fully saturated rings. The van der Waals surface area contributed by atoms with Gasteiger partial charge in [-0.25, -0.2) is 4.79 Å². The van der Waals surface area contributed by atoms with Crippen LogP contribution < -0.4 is 5.32 Å². The minimum atomic E-state index is -2.74. The Balaban J connectivity index is 0.000000462. The fraction of sp³-hybridized carbons (Fsp3) is 0.812. The van der Waals surface area contributed by atoms with Crippen molar-refractivity contribution in [2.75, 3.05) is 26.7 Å². The van der Waals surface area contributed by atoms with Crippen LogP contribution in [0.2, 0.25) is 0 Å². The lowest BCUT2D eigenvalue weighted by Gasteiger charge is -2.33. The van der Waals surface area contributed by atoms with Gasteiger partial charge in [0.25, 0.3) is 0 Å². The third kappa shape index (κ3) is 10.0. The summed E-state index contributed by atoms with van der Waals surface area (Å²) in [5.41, 5.74) is -2.74. The van der Waals surface area contributed by atoms with E-state index < -0.39 is 36.4 Å². The number of nitrogens with zero attached hydrogens (tertiary/aromatic N) is 1. The van der Waals surface area contributed by atoms with Crippen molar-refractivity contribution >= 4 is 17.9 Å². The summed E-state index contributed by atoms with van der Waals surface area (Å²) in [5.74, 6) is -5.02. The van der Waals surface area contributed by atoms with E-state index in [1.165, 1.54) is 45.3 Å². The molecule has 0 aromatic rings. The zero-order valence-corrected chi connectivity index (χ0v) is 14.9. The zero-order chi connectivity index (χ0) is 19.5. The Morgan fingerprint density at radius 2 is 1.68 bits per heavy atom. The first-order valence-electron chi connectivity index (χ1n) is 8.42. The predicted octanol–water partition coefficient (Wildman–Crippen LogP) is 0.222. The van der Waals surface area contributed by atoms with E-state index in [-0.39, 0.29) is 0 Å². The Morgan fingerprint density at radius 1 is 1.12 bits per heavy atom. The van der Waals surface area contributed by atoms with Crippen molar-refractivity contribution in [3.8, 4) is 0 Å². The van der Waals surface area contributed by atoms with Crippen LogP contribution in [0.3, 0.4) is 0 Å². The van der Waals surface area contributed by atoms with Crippen LogP contribution in [0.25, 0.3) is 0 Å². The maximum absolute atomic E-state index is 10.3. The predicted molar refractivity (Wildman–Crippen MR) is 90.5 cm³/mol. The first-order chi connectivity index (χ1) is 11.6. The third-order valence-corrected chi connectivity index (χ3v) is 4.07. The van der Waals surface area contributed by atoms with Crippen LogP contribution in [0, 0.1) is 0 Å². The highest BCUT2D eigenvalue weighted by atomic mass is 16.4. The molecule has 0 saturated carbocycles. The van der Waals surface area contributed by atoms with Gasteiger partial charge in [0.05, 0.1) is 12.8 Å². The smallest absolute Gasteiger partial charge is 0.336 e. The molecule has 25 heavy (non-hydrogen) atoms. The molecule has 0 radical (unpaired) electrons. The van der Waals surface area contributed by atoms with Gasteiger partial charge in [-0.15, -0.1) is 0 Å². The molecule has 1 aliphatic heterocycles. The lowest BCUT2D eigenvalue weighted by molar-refractivity contribution is -0.170. The van der Waals surface area contributed by atoms with Gasteiger partial charge < -0.3 is 30.6 Å². The van der Waals surface area contributed by atoms with E-state index in [1.807, 2.05) is 0 Å². The van der Waals surface area contributed by atoms with E-state index in [0.717, 1.165) is 6.04 Å². The van der Waals surface area contributed by atoms with Crippen LogP contribution in [0.15, 0.2) is 0 Å². The summed E-state index contributed by atoms with van der Waals surface area (Å²) >= 11 is 0. The number of rotatable bonds is 9. The number of hydrogen-bond acceptors (Lipinski definition) is 6. The van der Waals surface area contributed by atoms with E-state index in [1.54, 1.807) is 0 Å². The monoisotopic (exact) mass is 362 g/mol. The summed E-state index contributed by atoms with van der Waals surface area (Å²) < 4.78 is 0. The van der Waals surface area contributed by atoms with Crippen LogP contribution in [0.4, 0.5) is 0 Å². The van der Waals surface area contributed by atoms with E-state index in [0.29, 0.717) is 0 Å². The highest BCUT2D eigenvalue weighted by molar-refractivity contribution is 5.88. The zero-order valence-electron chi connectivity index (χ0n) is 14.9. The van der Waals surface area contributed by atoms with Gasteiger partial charge in [-0.2, -0.15) is 0 Å². The minimum Gasteiger partial charge on any atom is -0.481 e. The molecule has 1 rings (SSSR count). The van der Waals surface area contributed by atoms with E-state index >= 15 is 0 Å². The van der Waals surface area contributed by atoms with Crippen molar-refractivity contribution in [3.63, 3.8) is 0 Å². The number of hydrogen-bond donors (Lipinski definition) is 5. The Morgan fingerprint density at radius 3 is 2.08 bits per heavy atom. The van der Waals surface area contributed by atoms with E-state index in [2.05, 4.69) is 24.2 Å². The van der Waals surface area contributed by atoms with Crippen molar-refractivity contribution in [2.45, 2.75) is 57.1 Å². The van der Waals surface area contributed by atoms with Gasteiger partial charge in [0, 0.05) is 25.7 Å². The molecule has 146 valence electrons. The first kappa shape index (κ1) is 23.3. The maximum Gasteiger partial charge on any atom is 0.336 e. The van der Waals surface area contributed by atoms with Crippen LogP contribution in [-0.4, -0.2) is 81.6 Å². The largest absolute Gasteiger partial charge is 0.481 e. The number of aliphatic hydroxyl groups is 1. The van der Waals surface area contributed by atoms with Gasteiger partial charge >= 0.3 is 17.9 Å². The molecule has 0 amide bonds. The average Bonchev–Trinajstić information content (AvgIpc) is 2.48. The molecule has 0 aromatic carbocycles. The molecule has 0 spiro atoms. The standard InChI is InChI=1S/C10H22N2.C6H8O7/c1-3-4-5-6-10-9-11-7-8-12(10)2;7-3(8)1-6(13,5(11)12)2-4(9)10/h10-11H,3-9H2,1-2H3;13H,1-2H2,(H,7,8)(H,9,10)(H,11,12). The fourth-order valence-corrected chi connectivity index (χ4v) is 2.53. The Hall–Kier alpha value is -1.71. The second-order valence-corrected chi connectivity index (χ2v) is 6.31. The van der Waals surface area contributed by atoms with Crippen LogP contribution in [0.5, 0.6) is 0 Å². The van der Waals surface area contributed by atoms with Crippen molar-refractivity contribution < 1.29 is 34.8 Å². The van der Waals surface area contributed by atoms with Crippen molar-refractivity contribution in [3.05, 3.63) is 0 Å². The molecule has 0 bridgehead atoms. The molecule has 5 N–H and O–H groups in total. The molecule has 0 aromatic heterocycles. The fourth-order valence-electron chi connectivity index (χ4n) is 2.53. The Kier molecular flexibility index (Phi) is 11.0. The summed E-state index contributed by atoms with van der Waals surface area (Å²) in [6, 6.07) is 0.797. The van der Waals surface area contributed by atoms with Gasteiger partial charge in [0.2, 0.25) is 0 Å².